The van der Waals surface area contributed by atoms with Gasteiger partial charge in [-0.1, -0.05) is 60.8 Å². The molecule has 0 aromatic heterocycles. The second-order valence-corrected chi connectivity index (χ2v) is 13.4. The first-order chi connectivity index (χ1) is 16.6. The van der Waals surface area contributed by atoms with Crippen molar-refractivity contribution >= 4 is 5.97 Å². The molecule has 5 saturated carbocycles. The summed E-state index contributed by atoms with van der Waals surface area (Å²) in [5.41, 5.74) is 0.896. The summed E-state index contributed by atoms with van der Waals surface area (Å²) in [6.45, 7) is 14.7. The molecule has 5 aliphatic carbocycles. The maximum atomic E-state index is 12.4. The first-order valence-electron chi connectivity index (χ1n) is 15.1. The largest absolute Gasteiger partial charge is 0.481 e. The molecule has 3 N–H and O–H groups in total. The monoisotopic (exact) mass is 492 g/mol. The van der Waals surface area contributed by atoms with Crippen LogP contribution in [0, 0.1) is 51.2 Å². The first-order valence-corrected chi connectivity index (χ1v) is 15.1. The molecule has 0 radical (unpaired) electrons. The Morgan fingerprint density at radius 2 is 1.40 bits per heavy atom. The van der Waals surface area contributed by atoms with Crippen molar-refractivity contribution in [2.45, 2.75) is 125 Å². The molecule has 0 saturated heterocycles. The molecule has 5 fully saturated rings. The number of aliphatic carboxylic acids is 1. The van der Waals surface area contributed by atoms with Gasteiger partial charge in [-0.3, -0.25) is 4.79 Å². The van der Waals surface area contributed by atoms with Crippen LogP contribution in [0.3, 0.4) is 0 Å². The van der Waals surface area contributed by atoms with Gasteiger partial charge in [-0.25, -0.2) is 0 Å². The Balaban J connectivity index is 0.000000438. The van der Waals surface area contributed by atoms with Crippen LogP contribution in [0.5, 0.6) is 0 Å². The number of aliphatic hydroxyl groups is 2. The molecule has 0 aromatic rings. The van der Waals surface area contributed by atoms with Gasteiger partial charge < -0.3 is 15.3 Å². The van der Waals surface area contributed by atoms with E-state index in [1.165, 1.54) is 51.4 Å². The van der Waals surface area contributed by atoms with E-state index in [1.54, 1.807) is 0 Å². The van der Waals surface area contributed by atoms with E-state index in [1.807, 2.05) is 13.8 Å². The molecule has 204 valence electrons. The minimum absolute atomic E-state index is 0.0938. The van der Waals surface area contributed by atoms with E-state index in [0.29, 0.717) is 34.5 Å². The van der Waals surface area contributed by atoms with Gasteiger partial charge in [0.15, 0.2) is 0 Å². The Morgan fingerprint density at radius 3 is 2.00 bits per heavy atom. The number of carbonyl (C=O) groups is 1. The summed E-state index contributed by atoms with van der Waals surface area (Å²) in [7, 11) is 0. The fourth-order valence-electron chi connectivity index (χ4n) is 10.7. The number of carboxylic acids is 1. The van der Waals surface area contributed by atoms with Crippen LogP contribution in [-0.2, 0) is 4.79 Å². The third kappa shape index (κ3) is 4.41. The van der Waals surface area contributed by atoms with Crippen LogP contribution in [0.15, 0.2) is 0 Å². The van der Waals surface area contributed by atoms with Crippen LogP contribution in [0.25, 0.3) is 0 Å². The number of fused-ring (bicyclic) bond motifs is 7. The normalized spacial score (nSPS) is 47.9. The molecule has 0 bridgehead atoms. The highest BCUT2D eigenvalue weighted by atomic mass is 16.4. The van der Waals surface area contributed by atoms with Crippen molar-refractivity contribution in [2.24, 2.45) is 51.2 Å². The molecule has 5 aliphatic rings. The second kappa shape index (κ2) is 11.0. The topological polar surface area (TPSA) is 77.8 Å². The lowest BCUT2D eigenvalue weighted by Gasteiger charge is -2.71. The van der Waals surface area contributed by atoms with E-state index in [-0.39, 0.29) is 18.6 Å². The highest BCUT2D eigenvalue weighted by Crippen LogP contribution is 2.75. The number of rotatable bonds is 3. The van der Waals surface area contributed by atoms with E-state index in [9.17, 15) is 9.90 Å². The standard InChI is InChI=1S/C26H42O2.C3H8O2.C2H6/c1-17-7-5-12-23(2)18(17)11-14-25(4)21(23)10-9-19-20-8-6-13-26(20,22(27)28)16-15-24(19,25)3;4-2-1-3-5;1-2/h17-21H,5-16H2,1-4H3,(H,27,28);4-5H,1-3H2;1-2H3/t17?,18?,19?,20?,21?,23?,24-,25?,26?;;/m1../s1. The molecule has 0 heterocycles. The smallest absolute Gasteiger partial charge is 0.309 e. The first kappa shape index (κ1) is 29.0. The number of carboxylic acid groups (broad SMARTS) is 1. The average molecular weight is 493 g/mol. The van der Waals surface area contributed by atoms with Crippen molar-refractivity contribution in [1.29, 1.82) is 0 Å². The van der Waals surface area contributed by atoms with Crippen molar-refractivity contribution in [3.05, 3.63) is 0 Å². The van der Waals surface area contributed by atoms with Gasteiger partial charge in [0.1, 0.15) is 0 Å². The fourth-order valence-corrected chi connectivity index (χ4v) is 10.7. The number of hydrogen-bond acceptors (Lipinski definition) is 3. The highest BCUT2D eigenvalue weighted by Gasteiger charge is 2.69. The van der Waals surface area contributed by atoms with E-state index in [0.717, 1.165) is 43.4 Å². The summed E-state index contributed by atoms with van der Waals surface area (Å²) < 4.78 is 0. The fraction of sp³-hybridized carbons (Fsp3) is 0.968. The van der Waals surface area contributed by atoms with E-state index < -0.39 is 5.97 Å². The molecule has 4 nitrogen and oxygen atoms in total. The Labute approximate surface area is 215 Å². The van der Waals surface area contributed by atoms with Crippen LogP contribution >= 0.6 is 0 Å². The summed E-state index contributed by atoms with van der Waals surface area (Å²) in [6, 6.07) is 0. The van der Waals surface area contributed by atoms with Crippen molar-refractivity contribution in [2.75, 3.05) is 13.2 Å². The number of aliphatic hydroxyl groups excluding tert-OH is 2. The van der Waals surface area contributed by atoms with E-state index in [4.69, 9.17) is 10.2 Å². The molecule has 9 atom stereocenters. The molecule has 0 aliphatic heterocycles. The van der Waals surface area contributed by atoms with Crippen LogP contribution in [0.2, 0.25) is 0 Å². The minimum Gasteiger partial charge on any atom is -0.481 e. The third-order valence-corrected chi connectivity index (χ3v) is 12.5. The molecule has 35 heavy (non-hydrogen) atoms. The van der Waals surface area contributed by atoms with Gasteiger partial charge in [0.25, 0.3) is 0 Å². The molecule has 4 heteroatoms. The zero-order valence-corrected chi connectivity index (χ0v) is 23.7. The Hall–Kier alpha value is -0.610. The van der Waals surface area contributed by atoms with E-state index >= 15 is 0 Å². The lowest BCUT2D eigenvalue weighted by Crippen LogP contribution is -2.64. The molecule has 8 unspecified atom stereocenters. The molecular formula is C31H56O4. The van der Waals surface area contributed by atoms with Crippen molar-refractivity contribution in [1.82, 2.24) is 0 Å². The van der Waals surface area contributed by atoms with Crippen molar-refractivity contribution in [3.63, 3.8) is 0 Å². The summed E-state index contributed by atoms with van der Waals surface area (Å²) in [6.07, 6.45) is 15.6. The van der Waals surface area contributed by atoms with Gasteiger partial charge >= 0.3 is 5.97 Å². The molecule has 0 aromatic carbocycles. The van der Waals surface area contributed by atoms with Crippen LogP contribution in [0.1, 0.15) is 125 Å². The predicted molar refractivity (Wildman–Crippen MR) is 143 cm³/mol. The van der Waals surface area contributed by atoms with Gasteiger partial charge in [0.05, 0.1) is 5.41 Å². The van der Waals surface area contributed by atoms with Gasteiger partial charge in [0.2, 0.25) is 0 Å². The maximum absolute atomic E-state index is 12.4. The summed E-state index contributed by atoms with van der Waals surface area (Å²) >= 11 is 0. The van der Waals surface area contributed by atoms with Gasteiger partial charge in [-0.05, 0) is 110 Å². The summed E-state index contributed by atoms with van der Waals surface area (Å²) in [5, 5.41) is 26.0. The summed E-state index contributed by atoms with van der Waals surface area (Å²) in [4.78, 5) is 12.4. The van der Waals surface area contributed by atoms with Gasteiger partial charge in [0, 0.05) is 13.2 Å². The maximum Gasteiger partial charge on any atom is 0.309 e. The SMILES string of the molecule is CC.CC1CCCC2(C)C1CCC1(C)C2CCC2C3CCCC3(C(=O)O)CC[C@]21C.OCCCO. The zero-order valence-electron chi connectivity index (χ0n) is 23.7. The Morgan fingerprint density at radius 1 is 0.743 bits per heavy atom. The molecule has 0 amide bonds. The van der Waals surface area contributed by atoms with Gasteiger partial charge in [-0.15, -0.1) is 0 Å². The third-order valence-electron chi connectivity index (χ3n) is 12.5. The van der Waals surface area contributed by atoms with Gasteiger partial charge in [-0.2, -0.15) is 0 Å². The quantitative estimate of drug-likeness (QED) is 0.386. The molecule has 5 rings (SSSR count). The Bertz CT molecular complexity index is 721. The number of hydrogen-bond donors (Lipinski definition) is 3. The van der Waals surface area contributed by atoms with Crippen LogP contribution in [0.4, 0.5) is 0 Å². The van der Waals surface area contributed by atoms with Crippen molar-refractivity contribution < 1.29 is 20.1 Å². The lowest BCUT2D eigenvalue weighted by molar-refractivity contribution is -0.227. The molecular weight excluding hydrogens is 436 g/mol. The van der Waals surface area contributed by atoms with Crippen LogP contribution < -0.4 is 0 Å². The molecule has 0 spiro atoms. The Kier molecular flexibility index (Phi) is 9.11. The van der Waals surface area contributed by atoms with Crippen molar-refractivity contribution in [3.8, 4) is 0 Å². The summed E-state index contributed by atoms with van der Waals surface area (Å²) in [5.74, 6) is 3.28. The lowest BCUT2D eigenvalue weighted by atomic mass is 9.33. The van der Waals surface area contributed by atoms with Crippen LogP contribution in [-0.4, -0.2) is 34.5 Å². The van der Waals surface area contributed by atoms with E-state index in [2.05, 4.69) is 27.7 Å². The highest BCUT2D eigenvalue weighted by molar-refractivity contribution is 5.76. The predicted octanol–water partition coefficient (Wildman–Crippen LogP) is 7.31. The zero-order chi connectivity index (χ0) is 26.1. The average Bonchev–Trinajstić information content (AvgIpc) is 3.27. The second-order valence-electron chi connectivity index (χ2n) is 13.4. The minimum atomic E-state index is -0.471.